The van der Waals surface area contributed by atoms with Crippen LogP contribution in [0.5, 0.6) is 0 Å². The van der Waals surface area contributed by atoms with Crippen molar-refractivity contribution in [2.75, 3.05) is 13.6 Å². The van der Waals surface area contributed by atoms with Crippen LogP contribution < -0.4 is 5.32 Å². The van der Waals surface area contributed by atoms with Gasteiger partial charge in [0, 0.05) is 0 Å². The van der Waals surface area contributed by atoms with Crippen LogP contribution in [0, 0.1) is 11.3 Å². The van der Waals surface area contributed by atoms with Crippen LogP contribution >= 0.6 is 0 Å². The van der Waals surface area contributed by atoms with E-state index in [2.05, 4.69) is 12.4 Å². The highest BCUT2D eigenvalue weighted by Gasteiger charge is 2.46. The molecule has 2 fully saturated rings. The molecule has 0 saturated heterocycles. The molecule has 2 aliphatic carbocycles. The Balaban J connectivity index is 1.96. The first-order chi connectivity index (χ1) is 5.37. The molecule has 0 aromatic rings. The predicted octanol–water partition coefficient (Wildman–Crippen LogP) is 2.18. The summed E-state index contributed by atoms with van der Waals surface area (Å²) in [6.07, 6.45) is 9.06. The second-order valence-electron chi connectivity index (χ2n) is 4.36. The lowest BCUT2D eigenvalue weighted by Gasteiger charge is -2.43. The van der Waals surface area contributed by atoms with Crippen LogP contribution in [-0.2, 0) is 0 Å². The standard InChI is InChI=1S/C10H19N/c1-11-8-9-4-2-5-10(9)6-3-7-10/h9,11H,2-8H2,1H3. The summed E-state index contributed by atoms with van der Waals surface area (Å²) in [6, 6.07) is 0. The zero-order chi connectivity index (χ0) is 7.73. The molecule has 0 radical (unpaired) electrons. The first-order valence-electron chi connectivity index (χ1n) is 5.02. The molecule has 0 amide bonds. The molecular formula is C10H19N. The molecule has 11 heavy (non-hydrogen) atoms. The van der Waals surface area contributed by atoms with E-state index in [9.17, 15) is 0 Å². The van der Waals surface area contributed by atoms with E-state index in [0.29, 0.717) is 0 Å². The summed E-state index contributed by atoms with van der Waals surface area (Å²) in [5.41, 5.74) is 0.822. The smallest absolute Gasteiger partial charge is 0.00182 e. The van der Waals surface area contributed by atoms with Crippen molar-refractivity contribution in [2.45, 2.75) is 38.5 Å². The van der Waals surface area contributed by atoms with E-state index in [1.807, 2.05) is 0 Å². The average molecular weight is 153 g/mol. The number of nitrogens with one attached hydrogen (secondary N) is 1. The molecular weight excluding hydrogens is 134 g/mol. The molecule has 0 aliphatic heterocycles. The van der Waals surface area contributed by atoms with Crippen molar-refractivity contribution in [1.29, 1.82) is 0 Å². The highest BCUT2D eigenvalue weighted by molar-refractivity contribution is 4.97. The minimum Gasteiger partial charge on any atom is -0.319 e. The van der Waals surface area contributed by atoms with Crippen LogP contribution in [0.2, 0.25) is 0 Å². The lowest BCUT2D eigenvalue weighted by Crippen LogP contribution is -2.37. The highest BCUT2D eigenvalue weighted by Crippen LogP contribution is 2.56. The summed E-state index contributed by atoms with van der Waals surface area (Å²) >= 11 is 0. The van der Waals surface area contributed by atoms with Gasteiger partial charge in [-0.25, -0.2) is 0 Å². The first-order valence-corrected chi connectivity index (χ1v) is 5.02. The maximum absolute atomic E-state index is 3.33. The fourth-order valence-electron chi connectivity index (χ4n) is 3.06. The molecule has 0 bridgehead atoms. The molecule has 1 spiro atoms. The van der Waals surface area contributed by atoms with Crippen LogP contribution in [0.1, 0.15) is 38.5 Å². The third-order valence-electron chi connectivity index (χ3n) is 3.89. The molecule has 0 aromatic carbocycles. The molecule has 0 heterocycles. The fraction of sp³-hybridized carbons (Fsp3) is 1.00. The van der Waals surface area contributed by atoms with Crippen LogP contribution in [0.4, 0.5) is 0 Å². The van der Waals surface area contributed by atoms with Crippen molar-refractivity contribution < 1.29 is 0 Å². The summed E-state index contributed by atoms with van der Waals surface area (Å²) in [6.45, 7) is 1.26. The third kappa shape index (κ3) is 1.10. The van der Waals surface area contributed by atoms with E-state index in [0.717, 1.165) is 11.3 Å². The van der Waals surface area contributed by atoms with Crippen molar-refractivity contribution in [2.24, 2.45) is 11.3 Å². The van der Waals surface area contributed by atoms with Crippen molar-refractivity contribution in [3.8, 4) is 0 Å². The van der Waals surface area contributed by atoms with Crippen LogP contribution in [0.15, 0.2) is 0 Å². The zero-order valence-electron chi connectivity index (χ0n) is 7.53. The number of hydrogen-bond acceptors (Lipinski definition) is 1. The van der Waals surface area contributed by atoms with Gasteiger partial charge in [-0.1, -0.05) is 12.8 Å². The molecule has 1 N–H and O–H groups in total. The fourth-order valence-corrected chi connectivity index (χ4v) is 3.06. The quantitative estimate of drug-likeness (QED) is 0.641. The molecule has 1 atom stereocenters. The Morgan fingerprint density at radius 1 is 1.27 bits per heavy atom. The summed E-state index contributed by atoms with van der Waals surface area (Å²) in [7, 11) is 2.09. The van der Waals surface area contributed by atoms with Crippen LogP contribution in [0.25, 0.3) is 0 Å². The Morgan fingerprint density at radius 3 is 2.55 bits per heavy atom. The van der Waals surface area contributed by atoms with Gasteiger partial charge in [0.1, 0.15) is 0 Å². The topological polar surface area (TPSA) is 12.0 Å². The van der Waals surface area contributed by atoms with Gasteiger partial charge in [0.15, 0.2) is 0 Å². The molecule has 1 unspecified atom stereocenters. The molecule has 64 valence electrons. The number of rotatable bonds is 2. The Morgan fingerprint density at radius 2 is 2.00 bits per heavy atom. The lowest BCUT2D eigenvalue weighted by molar-refractivity contribution is 0.0790. The second kappa shape index (κ2) is 2.78. The molecule has 2 saturated carbocycles. The van der Waals surface area contributed by atoms with Gasteiger partial charge in [0.25, 0.3) is 0 Å². The minimum absolute atomic E-state index is 0.822. The molecule has 2 rings (SSSR count). The SMILES string of the molecule is CNCC1CCCC12CCC2. The van der Waals surface area contributed by atoms with Crippen molar-refractivity contribution in [1.82, 2.24) is 5.32 Å². The largest absolute Gasteiger partial charge is 0.319 e. The molecule has 1 nitrogen and oxygen atoms in total. The first kappa shape index (κ1) is 7.60. The van der Waals surface area contributed by atoms with E-state index >= 15 is 0 Å². The highest BCUT2D eigenvalue weighted by atomic mass is 14.8. The van der Waals surface area contributed by atoms with Gasteiger partial charge in [0.2, 0.25) is 0 Å². The van der Waals surface area contributed by atoms with Crippen LogP contribution in [0.3, 0.4) is 0 Å². The van der Waals surface area contributed by atoms with Gasteiger partial charge in [-0.3, -0.25) is 0 Å². The van der Waals surface area contributed by atoms with Gasteiger partial charge >= 0.3 is 0 Å². The molecule has 2 aliphatic rings. The molecule has 0 aromatic heterocycles. The van der Waals surface area contributed by atoms with E-state index in [1.165, 1.54) is 45.1 Å². The van der Waals surface area contributed by atoms with Gasteiger partial charge in [-0.15, -0.1) is 0 Å². The summed E-state index contributed by atoms with van der Waals surface area (Å²) < 4.78 is 0. The minimum atomic E-state index is 0.822. The Bertz CT molecular complexity index is 138. The van der Waals surface area contributed by atoms with Crippen LogP contribution in [-0.4, -0.2) is 13.6 Å². The Hall–Kier alpha value is -0.0400. The Labute approximate surface area is 69.6 Å². The van der Waals surface area contributed by atoms with Crippen molar-refractivity contribution in [3.05, 3.63) is 0 Å². The average Bonchev–Trinajstić information content (AvgIpc) is 2.31. The van der Waals surface area contributed by atoms with Crippen molar-refractivity contribution >= 4 is 0 Å². The Kier molecular flexibility index (Phi) is 1.92. The third-order valence-corrected chi connectivity index (χ3v) is 3.89. The summed E-state index contributed by atoms with van der Waals surface area (Å²) in [5, 5.41) is 3.33. The predicted molar refractivity (Wildman–Crippen MR) is 47.6 cm³/mol. The summed E-state index contributed by atoms with van der Waals surface area (Å²) in [5.74, 6) is 1.02. The molecule has 1 heteroatoms. The van der Waals surface area contributed by atoms with E-state index in [4.69, 9.17) is 0 Å². The van der Waals surface area contributed by atoms with Gasteiger partial charge in [-0.2, -0.15) is 0 Å². The van der Waals surface area contributed by atoms with Gasteiger partial charge < -0.3 is 5.32 Å². The second-order valence-corrected chi connectivity index (χ2v) is 4.36. The summed E-state index contributed by atoms with van der Waals surface area (Å²) in [4.78, 5) is 0. The maximum atomic E-state index is 3.33. The lowest BCUT2D eigenvalue weighted by atomic mass is 9.62. The van der Waals surface area contributed by atoms with Gasteiger partial charge in [-0.05, 0) is 50.6 Å². The maximum Gasteiger partial charge on any atom is -0.00182 e. The zero-order valence-corrected chi connectivity index (χ0v) is 7.53. The van der Waals surface area contributed by atoms with Gasteiger partial charge in [0.05, 0.1) is 0 Å². The van der Waals surface area contributed by atoms with Crippen molar-refractivity contribution in [3.63, 3.8) is 0 Å². The van der Waals surface area contributed by atoms with E-state index in [-0.39, 0.29) is 0 Å². The monoisotopic (exact) mass is 153 g/mol. The van der Waals surface area contributed by atoms with E-state index < -0.39 is 0 Å². The van der Waals surface area contributed by atoms with E-state index in [1.54, 1.807) is 0 Å². The normalized spacial score (nSPS) is 34.1. The number of hydrogen-bond donors (Lipinski definition) is 1.